The number of amides is 3. The van der Waals surface area contributed by atoms with Crippen molar-refractivity contribution in [3.8, 4) is 0 Å². The maximum Gasteiger partial charge on any atom is 0.266 e. The van der Waals surface area contributed by atoms with Crippen LogP contribution < -0.4 is 10.2 Å². The van der Waals surface area contributed by atoms with Crippen molar-refractivity contribution in [3.63, 3.8) is 0 Å². The van der Waals surface area contributed by atoms with Crippen molar-refractivity contribution in [2.75, 3.05) is 10.2 Å². The van der Waals surface area contributed by atoms with Crippen molar-refractivity contribution in [1.29, 1.82) is 0 Å². The summed E-state index contributed by atoms with van der Waals surface area (Å²) in [6.07, 6.45) is 0. The van der Waals surface area contributed by atoms with E-state index in [1.807, 2.05) is 50.2 Å². The van der Waals surface area contributed by atoms with E-state index in [0.717, 1.165) is 16.0 Å². The van der Waals surface area contributed by atoms with Gasteiger partial charge in [0.05, 0.1) is 16.8 Å². The molecule has 1 N–H and O–H groups in total. The second-order valence-electron chi connectivity index (χ2n) is 6.81. The Bertz CT molecular complexity index is 1120. The van der Waals surface area contributed by atoms with E-state index in [2.05, 4.69) is 5.32 Å². The fraction of sp³-hybridized carbons (Fsp3) is 0.0870. The first-order chi connectivity index (χ1) is 13.5. The average molecular weight is 370 g/mol. The van der Waals surface area contributed by atoms with Crippen molar-refractivity contribution >= 4 is 29.1 Å². The smallest absolute Gasteiger partial charge is 0.266 e. The summed E-state index contributed by atoms with van der Waals surface area (Å²) in [6.45, 7) is 3.84. The summed E-state index contributed by atoms with van der Waals surface area (Å²) in [6, 6.07) is 19.2. The highest BCUT2D eigenvalue weighted by Gasteiger charge is 2.37. The molecule has 0 aromatic heterocycles. The zero-order chi connectivity index (χ0) is 19.8. The standard InChI is InChI=1S/C23H18N2O3/c1-14-7-10-17(11-8-14)25-22(27)18-12-9-16(13-19(18)23(25)28)21(26)24-20-6-4-3-5-15(20)2/h3-13H,1-2H3,(H,24,26). The molecular weight excluding hydrogens is 352 g/mol. The Morgan fingerprint density at radius 1 is 0.821 bits per heavy atom. The monoisotopic (exact) mass is 370 g/mol. The zero-order valence-corrected chi connectivity index (χ0v) is 15.5. The number of benzene rings is 3. The SMILES string of the molecule is Cc1ccc(N2C(=O)c3ccc(C(=O)Nc4ccccc4C)cc3C2=O)cc1. The van der Waals surface area contributed by atoms with Crippen LogP contribution in [0.2, 0.25) is 0 Å². The molecule has 0 radical (unpaired) electrons. The average Bonchev–Trinajstić information content (AvgIpc) is 2.94. The van der Waals surface area contributed by atoms with Gasteiger partial charge in [0, 0.05) is 11.3 Å². The third-order valence-corrected chi connectivity index (χ3v) is 4.83. The molecule has 0 saturated carbocycles. The van der Waals surface area contributed by atoms with Gasteiger partial charge >= 0.3 is 0 Å². The lowest BCUT2D eigenvalue weighted by Crippen LogP contribution is -2.29. The Morgan fingerprint density at radius 3 is 2.21 bits per heavy atom. The van der Waals surface area contributed by atoms with Crippen LogP contribution in [-0.2, 0) is 0 Å². The van der Waals surface area contributed by atoms with Crippen molar-refractivity contribution in [2.45, 2.75) is 13.8 Å². The largest absolute Gasteiger partial charge is 0.322 e. The fourth-order valence-electron chi connectivity index (χ4n) is 3.22. The number of fused-ring (bicyclic) bond motifs is 1. The second-order valence-corrected chi connectivity index (χ2v) is 6.81. The molecule has 1 aliphatic heterocycles. The minimum absolute atomic E-state index is 0.239. The number of carbonyl (C=O) groups excluding carboxylic acids is 3. The van der Waals surface area contributed by atoms with Crippen LogP contribution in [-0.4, -0.2) is 17.7 Å². The molecule has 0 unspecified atom stereocenters. The van der Waals surface area contributed by atoms with E-state index in [0.29, 0.717) is 22.5 Å². The lowest BCUT2D eigenvalue weighted by molar-refractivity contribution is 0.0925. The third-order valence-electron chi connectivity index (χ3n) is 4.83. The van der Waals surface area contributed by atoms with Gasteiger partial charge in [-0.15, -0.1) is 0 Å². The zero-order valence-electron chi connectivity index (χ0n) is 15.5. The number of nitrogens with zero attached hydrogens (tertiary/aromatic N) is 1. The van der Waals surface area contributed by atoms with Gasteiger partial charge in [0.1, 0.15) is 0 Å². The molecule has 28 heavy (non-hydrogen) atoms. The second kappa shape index (κ2) is 6.78. The number of rotatable bonds is 3. The highest BCUT2D eigenvalue weighted by atomic mass is 16.2. The molecule has 3 aromatic rings. The molecule has 3 amide bonds. The van der Waals surface area contributed by atoms with Gasteiger partial charge in [-0.05, 0) is 55.8 Å². The van der Waals surface area contributed by atoms with Gasteiger partial charge in [0.15, 0.2) is 0 Å². The molecule has 5 nitrogen and oxygen atoms in total. The number of hydrogen-bond donors (Lipinski definition) is 1. The summed E-state index contributed by atoms with van der Waals surface area (Å²) in [7, 11) is 0. The van der Waals surface area contributed by atoms with E-state index in [1.165, 1.54) is 12.1 Å². The molecule has 3 aromatic carbocycles. The van der Waals surface area contributed by atoms with Gasteiger partial charge in [0.2, 0.25) is 0 Å². The normalized spacial score (nSPS) is 12.9. The molecule has 1 aliphatic rings. The van der Waals surface area contributed by atoms with Crippen LogP contribution >= 0.6 is 0 Å². The molecular formula is C23H18N2O3. The summed E-state index contributed by atoms with van der Waals surface area (Å²) < 4.78 is 0. The Labute approximate surface area is 162 Å². The lowest BCUT2D eigenvalue weighted by Gasteiger charge is -2.13. The first-order valence-corrected chi connectivity index (χ1v) is 8.92. The number of anilines is 2. The van der Waals surface area contributed by atoms with Gasteiger partial charge in [-0.3, -0.25) is 14.4 Å². The number of para-hydroxylation sites is 1. The number of imide groups is 1. The van der Waals surface area contributed by atoms with Crippen LogP contribution in [0, 0.1) is 13.8 Å². The third kappa shape index (κ3) is 2.97. The Balaban J connectivity index is 1.64. The molecule has 4 rings (SSSR count). The Hall–Kier alpha value is -3.73. The minimum atomic E-state index is -0.422. The molecule has 0 atom stereocenters. The van der Waals surface area contributed by atoms with Crippen LogP contribution in [0.3, 0.4) is 0 Å². The Morgan fingerprint density at radius 2 is 1.50 bits per heavy atom. The molecule has 0 bridgehead atoms. The first kappa shape index (κ1) is 17.7. The molecule has 5 heteroatoms. The van der Waals surface area contributed by atoms with Crippen LogP contribution in [0.25, 0.3) is 0 Å². The van der Waals surface area contributed by atoms with Crippen molar-refractivity contribution < 1.29 is 14.4 Å². The van der Waals surface area contributed by atoms with E-state index in [1.54, 1.807) is 18.2 Å². The number of hydrogen-bond acceptors (Lipinski definition) is 3. The molecule has 0 aliphatic carbocycles. The van der Waals surface area contributed by atoms with Crippen molar-refractivity contribution in [2.24, 2.45) is 0 Å². The minimum Gasteiger partial charge on any atom is -0.322 e. The maximum absolute atomic E-state index is 12.9. The fourth-order valence-corrected chi connectivity index (χ4v) is 3.22. The lowest BCUT2D eigenvalue weighted by atomic mass is 10.0. The molecule has 0 saturated heterocycles. The topological polar surface area (TPSA) is 66.5 Å². The van der Waals surface area contributed by atoms with Gasteiger partial charge in [0.25, 0.3) is 17.7 Å². The first-order valence-electron chi connectivity index (χ1n) is 8.92. The van der Waals surface area contributed by atoms with Crippen LogP contribution in [0.5, 0.6) is 0 Å². The Kier molecular flexibility index (Phi) is 4.28. The maximum atomic E-state index is 12.9. The highest BCUT2D eigenvalue weighted by Crippen LogP contribution is 2.29. The van der Waals surface area contributed by atoms with E-state index < -0.39 is 5.91 Å². The quantitative estimate of drug-likeness (QED) is 0.697. The number of nitrogens with one attached hydrogen (secondary N) is 1. The van der Waals surface area contributed by atoms with Crippen molar-refractivity contribution in [3.05, 3.63) is 94.5 Å². The molecule has 1 heterocycles. The summed E-state index contributed by atoms with van der Waals surface area (Å²) in [5.74, 6) is -1.13. The van der Waals surface area contributed by atoms with E-state index in [4.69, 9.17) is 0 Å². The van der Waals surface area contributed by atoms with E-state index >= 15 is 0 Å². The van der Waals surface area contributed by atoms with Crippen LogP contribution in [0.1, 0.15) is 42.2 Å². The van der Waals surface area contributed by atoms with Crippen LogP contribution in [0.15, 0.2) is 66.7 Å². The number of carbonyl (C=O) groups is 3. The summed E-state index contributed by atoms with van der Waals surface area (Å²) in [4.78, 5) is 39.3. The van der Waals surface area contributed by atoms with E-state index in [9.17, 15) is 14.4 Å². The predicted molar refractivity (Wildman–Crippen MR) is 108 cm³/mol. The summed E-state index contributed by atoms with van der Waals surface area (Å²) in [5.41, 5.74) is 4.07. The highest BCUT2D eigenvalue weighted by molar-refractivity contribution is 6.34. The van der Waals surface area contributed by atoms with Gasteiger partial charge in [-0.2, -0.15) is 0 Å². The van der Waals surface area contributed by atoms with Gasteiger partial charge in [-0.25, -0.2) is 4.90 Å². The predicted octanol–water partition coefficient (Wildman–Crippen LogP) is 4.36. The molecule has 0 spiro atoms. The number of aryl methyl sites for hydroxylation is 2. The molecule has 138 valence electrons. The van der Waals surface area contributed by atoms with Gasteiger partial charge in [-0.1, -0.05) is 35.9 Å². The summed E-state index contributed by atoms with van der Waals surface area (Å²) >= 11 is 0. The van der Waals surface area contributed by atoms with E-state index in [-0.39, 0.29) is 17.4 Å². The van der Waals surface area contributed by atoms with Gasteiger partial charge < -0.3 is 5.32 Å². The summed E-state index contributed by atoms with van der Waals surface area (Å²) in [5, 5.41) is 2.84. The molecule has 0 fully saturated rings. The van der Waals surface area contributed by atoms with Crippen LogP contribution in [0.4, 0.5) is 11.4 Å². The van der Waals surface area contributed by atoms with Crippen molar-refractivity contribution in [1.82, 2.24) is 0 Å².